The lowest BCUT2D eigenvalue weighted by molar-refractivity contribution is -0.161. The number of aliphatic carboxylic acids is 1. The standard InChI is InChI=1S/C26H28N2O7/c1-33-26(24(30)31)11-12-28(15-26)23(29)22-21(10-13-34-22)27-25(32)35-14-20-18-8-4-2-6-16(18)17-7-3-5-9-19(17)20/h2-9,20-22H,10-15H2,1H3,(H,27,32)(H,30,31). The molecule has 184 valence electrons. The fourth-order valence-corrected chi connectivity index (χ4v) is 5.35. The third kappa shape index (κ3) is 4.15. The molecular formula is C26H28N2O7. The number of ether oxygens (including phenoxy) is 3. The number of likely N-dealkylation sites (tertiary alicyclic amines) is 1. The van der Waals surface area contributed by atoms with Crippen molar-refractivity contribution in [2.45, 2.75) is 36.5 Å². The van der Waals surface area contributed by atoms with E-state index in [0.29, 0.717) is 13.0 Å². The molecule has 1 aliphatic carbocycles. The number of rotatable bonds is 6. The van der Waals surface area contributed by atoms with Crippen molar-refractivity contribution in [1.29, 1.82) is 0 Å². The Labute approximate surface area is 203 Å². The molecule has 2 heterocycles. The van der Waals surface area contributed by atoms with Crippen molar-refractivity contribution in [3.05, 3.63) is 59.7 Å². The number of nitrogens with zero attached hydrogens (tertiary/aromatic N) is 1. The van der Waals surface area contributed by atoms with Gasteiger partial charge in [0, 0.05) is 32.6 Å². The first-order valence-electron chi connectivity index (χ1n) is 11.7. The van der Waals surface area contributed by atoms with Crippen LogP contribution >= 0.6 is 0 Å². The van der Waals surface area contributed by atoms with E-state index in [1.165, 1.54) is 12.0 Å². The summed E-state index contributed by atoms with van der Waals surface area (Å²) in [6.45, 7) is 0.672. The molecule has 0 aromatic heterocycles. The molecule has 3 unspecified atom stereocenters. The van der Waals surface area contributed by atoms with Crippen molar-refractivity contribution in [2.75, 3.05) is 33.4 Å². The van der Waals surface area contributed by atoms with Crippen molar-refractivity contribution < 1.29 is 33.7 Å². The molecule has 9 nitrogen and oxygen atoms in total. The quantitative estimate of drug-likeness (QED) is 0.653. The van der Waals surface area contributed by atoms with Gasteiger partial charge in [0.1, 0.15) is 6.61 Å². The van der Waals surface area contributed by atoms with E-state index in [4.69, 9.17) is 14.2 Å². The highest BCUT2D eigenvalue weighted by Gasteiger charge is 2.49. The molecule has 2 aromatic carbocycles. The zero-order valence-corrected chi connectivity index (χ0v) is 19.4. The number of nitrogens with one attached hydrogen (secondary N) is 1. The van der Waals surface area contributed by atoms with Crippen molar-refractivity contribution in [3.63, 3.8) is 0 Å². The Morgan fingerprint density at radius 1 is 1.11 bits per heavy atom. The minimum absolute atomic E-state index is 0.0603. The Morgan fingerprint density at radius 3 is 2.37 bits per heavy atom. The number of hydrogen-bond acceptors (Lipinski definition) is 6. The van der Waals surface area contributed by atoms with Gasteiger partial charge in [-0.25, -0.2) is 9.59 Å². The van der Waals surface area contributed by atoms with Crippen LogP contribution in [-0.4, -0.2) is 79.1 Å². The summed E-state index contributed by atoms with van der Waals surface area (Å²) in [5, 5.41) is 12.3. The van der Waals surface area contributed by atoms with Crippen LogP contribution in [0.4, 0.5) is 4.79 Å². The Morgan fingerprint density at radius 2 is 1.77 bits per heavy atom. The monoisotopic (exact) mass is 480 g/mol. The van der Waals surface area contributed by atoms with Crippen LogP contribution in [0.3, 0.4) is 0 Å². The SMILES string of the molecule is COC1(C(=O)O)CCN(C(=O)C2OCCC2NC(=O)OCC2c3ccccc3-c3ccccc32)C1. The van der Waals surface area contributed by atoms with Gasteiger partial charge in [-0.15, -0.1) is 0 Å². The van der Waals surface area contributed by atoms with Gasteiger partial charge in [0.25, 0.3) is 5.91 Å². The second kappa shape index (κ2) is 9.31. The highest BCUT2D eigenvalue weighted by Crippen LogP contribution is 2.44. The number of carboxylic acid groups (broad SMARTS) is 1. The van der Waals surface area contributed by atoms with Crippen LogP contribution in [0.25, 0.3) is 11.1 Å². The summed E-state index contributed by atoms with van der Waals surface area (Å²) in [7, 11) is 1.33. The van der Waals surface area contributed by atoms with E-state index in [-0.39, 0.29) is 37.9 Å². The van der Waals surface area contributed by atoms with E-state index in [1.54, 1.807) is 0 Å². The first-order chi connectivity index (χ1) is 16.9. The molecule has 2 amide bonds. The maximum Gasteiger partial charge on any atom is 0.407 e. The van der Waals surface area contributed by atoms with E-state index in [9.17, 15) is 19.5 Å². The van der Waals surface area contributed by atoms with Gasteiger partial charge in [0.2, 0.25) is 0 Å². The van der Waals surface area contributed by atoms with E-state index in [0.717, 1.165) is 22.3 Å². The molecule has 0 bridgehead atoms. The average Bonchev–Trinajstić information content (AvgIpc) is 3.59. The normalized spacial score (nSPS) is 25.2. The number of carbonyl (C=O) groups excluding carboxylic acids is 2. The lowest BCUT2D eigenvalue weighted by atomic mass is 9.98. The van der Waals surface area contributed by atoms with Gasteiger partial charge in [-0.1, -0.05) is 48.5 Å². The minimum Gasteiger partial charge on any atom is -0.479 e. The highest BCUT2D eigenvalue weighted by molar-refractivity contribution is 5.86. The summed E-state index contributed by atoms with van der Waals surface area (Å²) in [6, 6.07) is 15.6. The first kappa shape index (κ1) is 23.3. The number of fused-ring (bicyclic) bond motifs is 3. The number of hydrogen-bond donors (Lipinski definition) is 2. The van der Waals surface area contributed by atoms with Crippen molar-refractivity contribution in [2.24, 2.45) is 0 Å². The predicted octanol–water partition coefficient (Wildman–Crippen LogP) is 2.38. The predicted molar refractivity (Wildman–Crippen MR) is 125 cm³/mol. The number of carbonyl (C=O) groups is 3. The Bertz CT molecular complexity index is 1110. The van der Waals surface area contributed by atoms with Gasteiger partial charge in [0.15, 0.2) is 11.7 Å². The van der Waals surface area contributed by atoms with Gasteiger partial charge in [-0.3, -0.25) is 4.79 Å². The summed E-state index contributed by atoms with van der Waals surface area (Å²) in [4.78, 5) is 38.8. The molecule has 3 atom stereocenters. The molecule has 9 heteroatoms. The third-order valence-corrected chi connectivity index (χ3v) is 7.31. The second-order valence-corrected chi connectivity index (χ2v) is 9.17. The molecular weight excluding hydrogens is 452 g/mol. The van der Waals surface area contributed by atoms with Gasteiger partial charge >= 0.3 is 12.1 Å². The Balaban J connectivity index is 1.21. The number of benzene rings is 2. The van der Waals surface area contributed by atoms with Crippen LogP contribution in [0.2, 0.25) is 0 Å². The zero-order valence-electron chi connectivity index (χ0n) is 19.4. The van der Waals surface area contributed by atoms with Gasteiger partial charge in [0.05, 0.1) is 12.6 Å². The average molecular weight is 481 g/mol. The molecule has 2 fully saturated rings. The Kier molecular flexibility index (Phi) is 6.21. The Hall–Kier alpha value is -3.43. The molecule has 3 aliphatic rings. The zero-order chi connectivity index (χ0) is 24.6. The van der Waals surface area contributed by atoms with Crippen LogP contribution in [0.15, 0.2) is 48.5 Å². The lowest BCUT2D eigenvalue weighted by Crippen LogP contribution is -2.51. The van der Waals surface area contributed by atoms with E-state index in [2.05, 4.69) is 17.4 Å². The number of amides is 2. The van der Waals surface area contributed by atoms with Crippen LogP contribution in [0, 0.1) is 0 Å². The molecule has 2 aliphatic heterocycles. The third-order valence-electron chi connectivity index (χ3n) is 7.31. The molecule has 0 spiro atoms. The van der Waals surface area contributed by atoms with Crippen LogP contribution in [0.5, 0.6) is 0 Å². The summed E-state index contributed by atoms with van der Waals surface area (Å²) in [6.07, 6.45) is -0.847. The maximum absolute atomic E-state index is 13.1. The number of alkyl carbamates (subject to hydrolysis) is 1. The van der Waals surface area contributed by atoms with Crippen molar-refractivity contribution in [3.8, 4) is 11.1 Å². The molecule has 35 heavy (non-hydrogen) atoms. The lowest BCUT2D eigenvalue weighted by Gasteiger charge is -2.26. The molecule has 5 rings (SSSR count). The highest BCUT2D eigenvalue weighted by atomic mass is 16.6. The summed E-state index contributed by atoms with van der Waals surface area (Å²) in [5.74, 6) is -1.52. The molecule has 0 saturated carbocycles. The van der Waals surface area contributed by atoms with Crippen molar-refractivity contribution in [1.82, 2.24) is 10.2 Å². The van der Waals surface area contributed by atoms with Crippen LogP contribution in [-0.2, 0) is 23.8 Å². The summed E-state index contributed by atoms with van der Waals surface area (Å²) in [5.41, 5.74) is 3.11. The fraction of sp³-hybridized carbons (Fsp3) is 0.423. The number of carboxylic acids is 1. The largest absolute Gasteiger partial charge is 0.479 e. The van der Waals surface area contributed by atoms with Crippen LogP contribution in [0.1, 0.15) is 29.9 Å². The second-order valence-electron chi connectivity index (χ2n) is 9.17. The maximum atomic E-state index is 13.1. The van der Waals surface area contributed by atoms with E-state index < -0.39 is 29.8 Å². The van der Waals surface area contributed by atoms with Crippen LogP contribution < -0.4 is 5.32 Å². The minimum atomic E-state index is -1.41. The fourth-order valence-electron chi connectivity index (χ4n) is 5.35. The van der Waals surface area contributed by atoms with Gasteiger partial charge in [-0.2, -0.15) is 0 Å². The van der Waals surface area contributed by atoms with E-state index in [1.807, 2.05) is 36.4 Å². The topological polar surface area (TPSA) is 114 Å². The molecule has 2 saturated heterocycles. The van der Waals surface area contributed by atoms with Gasteiger partial charge in [-0.05, 0) is 28.7 Å². The molecule has 0 radical (unpaired) electrons. The van der Waals surface area contributed by atoms with E-state index >= 15 is 0 Å². The molecule has 2 aromatic rings. The summed E-state index contributed by atoms with van der Waals surface area (Å²) < 4.78 is 16.4. The number of methoxy groups -OCH3 is 1. The van der Waals surface area contributed by atoms with Gasteiger partial charge < -0.3 is 29.5 Å². The van der Waals surface area contributed by atoms with Crippen molar-refractivity contribution >= 4 is 18.0 Å². The summed E-state index contributed by atoms with van der Waals surface area (Å²) >= 11 is 0. The first-order valence-corrected chi connectivity index (χ1v) is 11.7. The molecule has 2 N–H and O–H groups in total. The smallest absolute Gasteiger partial charge is 0.407 e.